The summed E-state index contributed by atoms with van der Waals surface area (Å²) in [6.45, 7) is 0. The topological polar surface area (TPSA) is 160 Å². The van der Waals surface area contributed by atoms with Crippen LogP contribution >= 0.6 is 15.6 Å². The smallest absolute Gasteiger partial charge is 0.425 e. The molecule has 0 amide bonds. The van der Waals surface area contributed by atoms with Gasteiger partial charge in [-0.2, -0.15) is 0 Å². The molecular weight excluding hydrogens is 462 g/mol. The van der Waals surface area contributed by atoms with Crippen LogP contribution in [-0.4, -0.2) is 25.5 Å². The number of hydrogen-bond donors (Lipinski definition) is 4. The number of hydrogen-bond acceptors (Lipinski definition) is 6. The number of carbonyl (C=O) groups excluding carboxylic acids is 1. The molecule has 0 aliphatic carbocycles. The molecule has 0 saturated heterocycles. The summed E-state index contributed by atoms with van der Waals surface area (Å²) in [6, 6.07) is 18.0. The maximum atomic E-state index is 13.2. The third-order valence-corrected chi connectivity index (χ3v) is 5.72. The van der Waals surface area contributed by atoms with Crippen molar-refractivity contribution in [1.82, 2.24) is 0 Å². The van der Waals surface area contributed by atoms with E-state index in [-0.39, 0.29) is 11.5 Å². The number of phosphoric acid groups is 2. The predicted octanol–water partition coefficient (Wildman–Crippen LogP) is 2.88. The van der Waals surface area contributed by atoms with Gasteiger partial charge < -0.3 is 13.8 Å². The van der Waals surface area contributed by atoms with Crippen LogP contribution in [0, 0.1) is 0 Å². The Bertz CT molecular complexity index is 1190. The molecule has 0 saturated carbocycles. The first kappa shape index (κ1) is 22.2. The minimum atomic E-state index is -4.76. The molecule has 0 bridgehead atoms. The highest BCUT2D eigenvalue weighted by Crippen LogP contribution is 2.50. The van der Waals surface area contributed by atoms with Gasteiger partial charge in [-0.15, -0.1) is 0 Å². The normalized spacial score (nSPS) is 15.1. The molecule has 12 heteroatoms. The summed E-state index contributed by atoms with van der Waals surface area (Å²) in [4.78, 5) is 49.3. The van der Waals surface area contributed by atoms with Crippen LogP contribution in [0.1, 0.15) is 16.7 Å². The summed E-state index contributed by atoms with van der Waals surface area (Å²) < 4.78 is 36.9. The lowest BCUT2D eigenvalue weighted by Gasteiger charge is -2.27. The van der Waals surface area contributed by atoms with E-state index in [4.69, 9.17) is 24.3 Å². The average molecular weight is 478 g/mol. The molecular formula is C20H16O10P2. The fraction of sp³-hybridized carbons (Fsp3) is 0.0500. The van der Waals surface area contributed by atoms with Crippen molar-refractivity contribution in [3.05, 3.63) is 89.5 Å². The van der Waals surface area contributed by atoms with Crippen LogP contribution in [0.5, 0.6) is 17.2 Å². The first-order chi connectivity index (χ1) is 15.0. The van der Waals surface area contributed by atoms with E-state index in [1.807, 2.05) is 0 Å². The zero-order chi connectivity index (χ0) is 23.1. The molecule has 0 atom stereocenters. The second-order valence-corrected chi connectivity index (χ2v) is 9.18. The number of para-hydroxylation sites is 1. The molecule has 1 heterocycles. The number of rotatable bonds is 6. The van der Waals surface area contributed by atoms with E-state index in [0.717, 1.165) is 0 Å². The van der Waals surface area contributed by atoms with Crippen LogP contribution in [0.15, 0.2) is 72.8 Å². The highest BCUT2D eigenvalue weighted by Gasteiger charge is 2.52. The van der Waals surface area contributed by atoms with E-state index in [9.17, 15) is 13.9 Å². The number of benzene rings is 3. The third-order valence-electron chi connectivity index (χ3n) is 4.82. The van der Waals surface area contributed by atoms with Crippen LogP contribution in [0.2, 0.25) is 0 Å². The van der Waals surface area contributed by atoms with Crippen molar-refractivity contribution in [2.45, 2.75) is 5.41 Å². The molecule has 0 spiro atoms. The lowest BCUT2D eigenvalue weighted by Crippen LogP contribution is -2.36. The van der Waals surface area contributed by atoms with Crippen molar-refractivity contribution in [3.8, 4) is 17.2 Å². The predicted molar refractivity (Wildman–Crippen MR) is 110 cm³/mol. The van der Waals surface area contributed by atoms with Gasteiger partial charge in [-0.05, 0) is 41.5 Å². The van der Waals surface area contributed by atoms with Crippen molar-refractivity contribution in [1.29, 1.82) is 0 Å². The van der Waals surface area contributed by atoms with Gasteiger partial charge in [-0.25, -0.2) is 13.9 Å². The van der Waals surface area contributed by atoms with Crippen molar-refractivity contribution < 1.29 is 47.3 Å². The SMILES string of the molecule is O=C1Oc2ccccc2C1(c1ccc(OP(=O)(O)O)cc1)c1ccc(OP(=O)(O)O)cc1. The maximum Gasteiger partial charge on any atom is 0.524 e. The molecule has 4 rings (SSSR count). The van der Waals surface area contributed by atoms with Crippen molar-refractivity contribution in [2.24, 2.45) is 0 Å². The second kappa shape index (κ2) is 7.86. The fourth-order valence-electron chi connectivity index (χ4n) is 3.67. The quantitative estimate of drug-likeness (QED) is 0.236. The Morgan fingerprint density at radius 3 is 1.56 bits per heavy atom. The molecule has 3 aromatic carbocycles. The standard InChI is InChI=1S/C20H16O10P2/c21-19-20(17-3-1-2-4-18(17)28-19,13-5-9-15(10-6-13)29-31(22,23)24)14-7-11-16(12-8-14)30-32(25,26)27/h1-12H,(H2,22,23,24)(H2,25,26,27). The lowest BCUT2D eigenvalue weighted by molar-refractivity contribution is -0.135. The van der Waals surface area contributed by atoms with Gasteiger partial charge in [0.15, 0.2) is 0 Å². The summed E-state index contributed by atoms with van der Waals surface area (Å²) in [5.41, 5.74) is -0.0709. The van der Waals surface area contributed by atoms with E-state index < -0.39 is 27.0 Å². The molecule has 10 nitrogen and oxygen atoms in total. The highest BCUT2D eigenvalue weighted by molar-refractivity contribution is 7.47. The first-order valence-electron chi connectivity index (χ1n) is 9.02. The Labute approximate surface area is 181 Å². The molecule has 3 aromatic rings. The molecule has 4 N–H and O–H groups in total. The first-order valence-corrected chi connectivity index (χ1v) is 12.1. The summed E-state index contributed by atoms with van der Waals surface area (Å²) in [5, 5.41) is 0. The Hall–Kier alpha value is -2.97. The van der Waals surface area contributed by atoms with Gasteiger partial charge >= 0.3 is 21.6 Å². The molecule has 0 unspecified atom stereocenters. The molecule has 32 heavy (non-hydrogen) atoms. The number of phosphoric ester groups is 2. The molecule has 0 fully saturated rings. The van der Waals surface area contributed by atoms with Gasteiger partial charge in [0.25, 0.3) is 0 Å². The van der Waals surface area contributed by atoms with Crippen molar-refractivity contribution in [2.75, 3.05) is 0 Å². The van der Waals surface area contributed by atoms with Crippen LogP contribution in [-0.2, 0) is 19.3 Å². The summed E-state index contributed by atoms with van der Waals surface area (Å²) in [7, 11) is -9.52. The molecule has 0 radical (unpaired) electrons. The second-order valence-electron chi connectivity index (χ2n) is 6.85. The van der Waals surface area contributed by atoms with E-state index in [0.29, 0.717) is 22.4 Å². The van der Waals surface area contributed by atoms with E-state index in [1.54, 1.807) is 24.3 Å². The maximum absolute atomic E-state index is 13.2. The summed E-state index contributed by atoms with van der Waals surface area (Å²) >= 11 is 0. The van der Waals surface area contributed by atoms with E-state index >= 15 is 0 Å². The Morgan fingerprint density at radius 2 is 1.12 bits per heavy atom. The number of fused-ring (bicyclic) bond motifs is 1. The zero-order valence-corrected chi connectivity index (χ0v) is 17.8. The highest BCUT2D eigenvalue weighted by atomic mass is 31.2. The largest absolute Gasteiger partial charge is 0.524 e. The molecule has 166 valence electrons. The van der Waals surface area contributed by atoms with E-state index in [1.165, 1.54) is 48.5 Å². The number of carbonyl (C=O) groups is 1. The minimum Gasteiger partial charge on any atom is -0.425 e. The Kier molecular flexibility index (Phi) is 5.46. The fourth-order valence-corrected chi connectivity index (χ4v) is 4.46. The van der Waals surface area contributed by atoms with Crippen LogP contribution in [0.3, 0.4) is 0 Å². The number of ether oxygens (including phenoxy) is 1. The van der Waals surface area contributed by atoms with Gasteiger partial charge in [0, 0.05) is 5.56 Å². The van der Waals surface area contributed by atoms with E-state index in [2.05, 4.69) is 9.05 Å². The molecule has 0 aromatic heterocycles. The van der Waals surface area contributed by atoms with Gasteiger partial charge in [0.1, 0.15) is 22.7 Å². The Balaban J connectivity index is 1.86. The lowest BCUT2D eigenvalue weighted by atomic mass is 9.70. The van der Waals surface area contributed by atoms with Crippen LogP contribution in [0.4, 0.5) is 0 Å². The van der Waals surface area contributed by atoms with Gasteiger partial charge in [-0.3, -0.25) is 19.6 Å². The van der Waals surface area contributed by atoms with Gasteiger partial charge in [0.05, 0.1) is 0 Å². The van der Waals surface area contributed by atoms with Crippen LogP contribution < -0.4 is 13.8 Å². The van der Waals surface area contributed by atoms with Gasteiger partial charge in [-0.1, -0.05) is 42.5 Å². The average Bonchev–Trinajstić information content (AvgIpc) is 2.99. The monoisotopic (exact) mass is 478 g/mol. The van der Waals surface area contributed by atoms with Crippen LogP contribution in [0.25, 0.3) is 0 Å². The third kappa shape index (κ3) is 4.20. The molecule has 1 aliphatic heterocycles. The molecule has 1 aliphatic rings. The zero-order valence-electron chi connectivity index (χ0n) is 16.1. The minimum absolute atomic E-state index is 0.0951. The van der Waals surface area contributed by atoms with Gasteiger partial charge in [0.2, 0.25) is 0 Å². The Morgan fingerprint density at radius 1 is 0.688 bits per heavy atom. The summed E-state index contributed by atoms with van der Waals surface area (Å²) in [6.07, 6.45) is 0. The van der Waals surface area contributed by atoms with Crippen molar-refractivity contribution >= 4 is 21.6 Å². The summed E-state index contributed by atoms with van der Waals surface area (Å²) in [5.74, 6) is -0.473. The van der Waals surface area contributed by atoms with Crippen molar-refractivity contribution in [3.63, 3.8) is 0 Å². The number of esters is 1.